The van der Waals surface area contributed by atoms with Gasteiger partial charge in [-0.2, -0.15) is 0 Å². The second-order valence-electron chi connectivity index (χ2n) is 8.31. The third-order valence-corrected chi connectivity index (χ3v) is 7.22. The Hall–Kier alpha value is -2.90. The van der Waals surface area contributed by atoms with Gasteiger partial charge in [0.2, 0.25) is 0 Å². The van der Waals surface area contributed by atoms with Gasteiger partial charge in [-0.3, -0.25) is 15.2 Å². The number of esters is 2. The average Bonchev–Trinajstić information content (AvgIpc) is 3.42. The Kier molecular flexibility index (Phi) is 8.00. The van der Waals surface area contributed by atoms with E-state index in [1.165, 1.54) is 43.8 Å². The predicted octanol–water partition coefficient (Wildman–Crippen LogP) is 1.23. The van der Waals surface area contributed by atoms with E-state index in [4.69, 9.17) is 31.8 Å². The molecular weight excluding hydrogens is 511 g/mol. The van der Waals surface area contributed by atoms with Gasteiger partial charge in [0.15, 0.2) is 10.8 Å². The first-order valence-electron chi connectivity index (χ1n) is 11.1. The summed E-state index contributed by atoms with van der Waals surface area (Å²) in [5, 5.41) is 8.94. The van der Waals surface area contributed by atoms with E-state index in [1.807, 2.05) is 4.90 Å². The monoisotopic (exact) mass is 536 g/mol. The number of aliphatic imine (C=N–C) groups is 1. The standard InChI is InChI=1S/C23H26ClFN6O4S/c1-34-21(32)17-16(10-31-7-5-28-23(11-26,12-31)22(33)35-2)29-19(20-27-6-8-36-20)30-18(17)14-4-3-13(25)9-15(14)24/h3-4,6,8-9,18,28H,5,7,10-12,26H2,1-2H3,(H,29,30)/t18-,23?/m0/s1. The van der Waals surface area contributed by atoms with Crippen molar-refractivity contribution in [2.75, 3.05) is 46.9 Å². The number of thiazole rings is 1. The third kappa shape index (κ3) is 5.13. The normalized spacial score (nSPS) is 22.6. The molecule has 0 amide bonds. The molecule has 2 aromatic rings. The van der Waals surface area contributed by atoms with Crippen molar-refractivity contribution < 1.29 is 23.5 Å². The van der Waals surface area contributed by atoms with Crippen molar-refractivity contribution in [1.82, 2.24) is 20.5 Å². The van der Waals surface area contributed by atoms with E-state index >= 15 is 0 Å². The van der Waals surface area contributed by atoms with Crippen LogP contribution in [-0.4, -0.2) is 80.1 Å². The number of ether oxygens (including phenoxy) is 2. The van der Waals surface area contributed by atoms with Gasteiger partial charge in [0.05, 0.1) is 19.8 Å². The predicted molar refractivity (Wildman–Crippen MR) is 133 cm³/mol. The molecule has 0 bridgehead atoms. The van der Waals surface area contributed by atoms with E-state index in [0.29, 0.717) is 35.2 Å². The highest BCUT2D eigenvalue weighted by atomic mass is 35.5. The van der Waals surface area contributed by atoms with Crippen molar-refractivity contribution in [3.05, 3.63) is 62.5 Å². The lowest BCUT2D eigenvalue weighted by Gasteiger charge is -2.41. The van der Waals surface area contributed by atoms with Gasteiger partial charge in [0, 0.05) is 60.6 Å². The Morgan fingerprint density at radius 3 is 2.81 bits per heavy atom. The average molecular weight is 537 g/mol. The van der Waals surface area contributed by atoms with E-state index in [-0.39, 0.29) is 30.2 Å². The molecule has 2 atom stereocenters. The summed E-state index contributed by atoms with van der Waals surface area (Å²) < 4.78 is 23.9. The quantitative estimate of drug-likeness (QED) is 0.447. The van der Waals surface area contributed by atoms with Gasteiger partial charge in [-0.25, -0.2) is 19.0 Å². The maximum absolute atomic E-state index is 13.8. The van der Waals surface area contributed by atoms with Crippen molar-refractivity contribution in [2.24, 2.45) is 10.7 Å². The maximum atomic E-state index is 13.8. The number of piperazine rings is 1. The first kappa shape index (κ1) is 26.2. The van der Waals surface area contributed by atoms with E-state index in [1.54, 1.807) is 11.6 Å². The van der Waals surface area contributed by atoms with Crippen LogP contribution in [0, 0.1) is 5.82 Å². The number of methoxy groups -OCH3 is 2. The van der Waals surface area contributed by atoms with Crippen molar-refractivity contribution in [3.8, 4) is 0 Å². The number of hydrogen-bond acceptors (Lipinski definition) is 11. The van der Waals surface area contributed by atoms with Crippen molar-refractivity contribution in [2.45, 2.75) is 11.6 Å². The van der Waals surface area contributed by atoms with Gasteiger partial charge in [0.25, 0.3) is 0 Å². The molecule has 0 aliphatic carbocycles. The highest BCUT2D eigenvalue weighted by molar-refractivity contribution is 7.11. The van der Waals surface area contributed by atoms with Crippen LogP contribution >= 0.6 is 22.9 Å². The number of carbonyl (C=O) groups excluding carboxylic acids is 2. The van der Waals surface area contributed by atoms with Gasteiger partial charge in [-0.1, -0.05) is 17.7 Å². The fourth-order valence-corrected chi connectivity index (χ4v) is 5.21. The van der Waals surface area contributed by atoms with Crippen LogP contribution in [0.1, 0.15) is 16.6 Å². The number of rotatable bonds is 7. The molecule has 4 rings (SSSR count). The van der Waals surface area contributed by atoms with Crippen LogP contribution in [0.4, 0.5) is 4.39 Å². The van der Waals surface area contributed by atoms with Crippen molar-refractivity contribution >= 4 is 40.7 Å². The second-order valence-corrected chi connectivity index (χ2v) is 9.61. The Balaban J connectivity index is 1.78. The molecule has 4 N–H and O–H groups in total. The molecule has 0 saturated carbocycles. The van der Waals surface area contributed by atoms with Crippen molar-refractivity contribution in [1.29, 1.82) is 0 Å². The SMILES string of the molecule is COC(=O)C1=C(CN2CCNC(CN)(C(=O)OC)C2)NC(c2nccs2)=N[C@H]1c1ccc(F)cc1Cl. The van der Waals surface area contributed by atoms with Gasteiger partial charge >= 0.3 is 11.9 Å². The molecule has 2 aliphatic heterocycles. The lowest BCUT2D eigenvalue weighted by molar-refractivity contribution is -0.150. The molecular formula is C23H26ClFN6O4S. The minimum Gasteiger partial charge on any atom is -0.468 e. The zero-order chi connectivity index (χ0) is 25.9. The number of benzene rings is 1. The van der Waals surface area contributed by atoms with E-state index < -0.39 is 29.3 Å². The molecule has 1 saturated heterocycles. The molecule has 192 valence electrons. The summed E-state index contributed by atoms with van der Waals surface area (Å²) in [6.45, 7) is 1.58. The van der Waals surface area contributed by atoms with Crippen LogP contribution in [0.25, 0.3) is 0 Å². The lowest BCUT2D eigenvalue weighted by atomic mass is 9.93. The molecule has 0 spiro atoms. The zero-order valence-electron chi connectivity index (χ0n) is 19.7. The zero-order valence-corrected chi connectivity index (χ0v) is 21.3. The number of nitrogens with two attached hydrogens (primary N) is 1. The maximum Gasteiger partial charge on any atom is 0.338 e. The minimum atomic E-state index is -1.08. The fraction of sp³-hybridized carbons (Fsp3) is 0.391. The Morgan fingerprint density at radius 2 is 2.17 bits per heavy atom. The van der Waals surface area contributed by atoms with Crippen LogP contribution in [0.15, 0.2) is 46.0 Å². The van der Waals surface area contributed by atoms with Gasteiger partial charge in [0.1, 0.15) is 17.4 Å². The smallest absolute Gasteiger partial charge is 0.338 e. The summed E-state index contributed by atoms with van der Waals surface area (Å²) in [5.41, 5.74) is 6.04. The summed E-state index contributed by atoms with van der Waals surface area (Å²) in [6.07, 6.45) is 1.64. The molecule has 13 heteroatoms. The van der Waals surface area contributed by atoms with Gasteiger partial charge in [-0.05, 0) is 12.1 Å². The molecule has 0 radical (unpaired) electrons. The number of carbonyl (C=O) groups is 2. The Bertz CT molecular complexity index is 1210. The summed E-state index contributed by atoms with van der Waals surface area (Å²) >= 11 is 7.76. The lowest BCUT2D eigenvalue weighted by Crippen LogP contribution is -2.68. The number of halogens is 2. The molecule has 1 aromatic heterocycles. The highest BCUT2D eigenvalue weighted by Gasteiger charge is 2.43. The van der Waals surface area contributed by atoms with Crippen LogP contribution in [0.5, 0.6) is 0 Å². The summed E-state index contributed by atoms with van der Waals surface area (Å²) in [5.74, 6) is -1.15. The summed E-state index contributed by atoms with van der Waals surface area (Å²) in [4.78, 5) is 36.6. The summed E-state index contributed by atoms with van der Waals surface area (Å²) in [6, 6.07) is 3.06. The Morgan fingerprint density at radius 1 is 1.36 bits per heavy atom. The van der Waals surface area contributed by atoms with Crippen LogP contribution in [0.3, 0.4) is 0 Å². The highest BCUT2D eigenvalue weighted by Crippen LogP contribution is 2.37. The van der Waals surface area contributed by atoms with E-state index in [9.17, 15) is 14.0 Å². The Labute approximate surface area is 216 Å². The van der Waals surface area contributed by atoms with Crippen LogP contribution < -0.4 is 16.4 Å². The number of amidine groups is 1. The molecule has 1 aromatic carbocycles. The van der Waals surface area contributed by atoms with Crippen LogP contribution in [-0.2, 0) is 19.1 Å². The largest absolute Gasteiger partial charge is 0.468 e. The van der Waals surface area contributed by atoms with Crippen molar-refractivity contribution in [3.63, 3.8) is 0 Å². The minimum absolute atomic E-state index is 0.0339. The van der Waals surface area contributed by atoms with Crippen LogP contribution in [0.2, 0.25) is 5.02 Å². The number of nitrogens with one attached hydrogen (secondary N) is 2. The first-order chi connectivity index (χ1) is 17.3. The molecule has 10 nitrogen and oxygen atoms in total. The molecule has 1 unspecified atom stereocenters. The number of hydrogen-bond donors (Lipinski definition) is 3. The van der Waals surface area contributed by atoms with E-state index in [0.717, 1.165) is 0 Å². The molecule has 36 heavy (non-hydrogen) atoms. The van der Waals surface area contributed by atoms with Gasteiger partial charge < -0.3 is 20.5 Å². The van der Waals surface area contributed by atoms with E-state index in [2.05, 4.69) is 15.6 Å². The number of nitrogens with zero attached hydrogens (tertiary/aromatic N) is 3. The van der Waals surface area contributed by atoms with Gasteiger partial charge in [-0.15, -0.1) is 11.3 Å². The first-order valence-corrected chi connectivity index (χ1v) is 12.3. The number of aromatic nitrogens is 1. The molecule has 3 heterocycles. The second kappa shape index (κ2) is 11.0. The molecule has 2 aliphatic rings. The molecule has 1 fully saturated rings. The topological polar surface area (TPSA) is 131 Å². The summed E-state index contributed by atoms with van der Waals surface area (Å²) in [7, 11) is 2.59. The fourth-order valence-electron chi connectivity index (χ4n) is 4.35. The third-order valence-electron chi connectivity index (χ3n) is 6.11.